The summed E-state index contributed by atoms with van der Waals surface area (Å²) in [5, 5.41) is 0. The summed E-state index contributed by atoms with van der Waals surface area (Å²) in [6.45, 7) is 3.04. The lowest BCUT2D eigenvalue weighted by molar-refractivity contribution is -0.159. The molecule has 1 saturated heterocycles. The second-order valence-electron chi connectivity index (χ2n) is 9.84. The van der Waals surface area contributed by atoms with E-state index in [0.29, 0.717) is 24.0 Å². The van der Waals surface area contributed by atoms with Gasteiger partial charge >= 0.3 is 0 Å². The second kappa shape index (κ2) is 10.6. The van der Waals surface area contributed by atoms with Crippen molar-refractivity contribution in [1.29, 1.82) is 0 Å². The summed E-state index contributed by atoms with van der Waals surface area (Å²) in [6, 6.07) is 5.12. The van der Waals surface area contributed by atoms with E-state index in [1.54, 1.807) is 19.1 Å². The van der Waals surface area contributed by atoms with Crippen LogP contribution in [0.15, 0.2) is 29.8 Å². The van der Waals surface area contributed by atoms with Crippen LogP contribution in [0.3, 0.4) is 0 Å². The van der Waals surface area contributed by atoms with E-state index in [2.05, 4.69) is 13.0 Å². The van der Waals surface area contributed by atoms with Crippen LogP contribution in [0.1, 0.15) is 76.3 Å². The second-order valence-corrected chi connectivity index (χ2v) is 9.84. The van der Waals surface area contributed by atoms with E-state index in [0.717, 1.165) is 50.5 Å². The van der Waals surface area contributed by atoms with Gasteiger partial charge in [-0.05, 0) is 81.4 Å². The van der Waals surface area contributed by atoms with Gasteiger partial charge in [0.15, 0.2) is 11.5 Å². The number of carbonyl (C=O) groups excluding carboxylic acids is 2. The quantitative estimate of drug-likeness (QED) is 0.551. The van der Waals surface area contributed by atoms with Gasteiger partial charge in [0.05, 0.1) is 14.2 Å². The number of rotatable bonds is 7. The van der Waals surface area contributed by atoms with Crippen LogP contribution in [0.5, 0.6) is 11.5 Å². The van der Waals surface area contributed by atoms with E-state index >= 15 is 0 Å². The number of carbonyl (C=O) groups is 2. The molecule has 1 atom stereocenters. The fourth-order valence-electron chi connectivity index (χ4n) is 5.61. The largest absolute Gasteiger partial charge is 0.493 e. The molecule has 0 bridgehead atoms. The fourth-order valence-corrected chi connectivity index (χ4v) is 5.61. The van der Waals surface area contributed by atoms with Crippen molar-refractivity contribution in [3.8, 4) is 11.5 Å². The molecule has 1 aromatic carbocycles. The molecule has 180 valence electrons. The first-order valence-corrected chi connectivity index (χ1v) is 12.5. The molecule has 0 spiro atoms. The molecule has 0 N–H and O–H groups in total. The molecule has 3 aliphatic rings. The third-order valence-electron chi connectivity index (χ3n) is 7.66. The summed E-state index contributed by atoms with van der Waals surface area (Å²) >= 11 is 0. The number of hydrogen-bond donors (Lipinski definition) is 0. The first-order chi connectivity index (χ1) is 16.0. The number of hydrogen-bond acceptors (Lipinski definition) is 4. The smallest absolute Gasteiger partial charge is 0.250 e. The van der Waals surface area contributed by atoms with E-state index in [1.807, 2.05) is 23.1 Å². The van der Waals surface area contributed by atoms with Crippen LogP contribution in [0.4, 0.5) is 0 Å². The molecule has 1 heterocycles. The van der Waals surface area contributed by atoms with Crippen LogP contribution in [-0.4, -0.2) is 55.0 Å². The van der Waals surface area contributed by atoms with Gasteiger partial charge in [0.2, 0.25) is 5.91 Å². The van der Waals surface area contributed by atoms with Crippen molar-refractivity contribution in [2.45, 2.75) is 76.8 Å². The van der Waals surface area contributed by atoms with Gasteiger partial charge in [0, 0.05) is 12.6 Å². The van der Waals surface area contributed by atoms with Crippen molar-refractivity contribution >= 4 is 11.8 Å². The highest BCUT2D eigenvalue weighted by molar-refractivity contribution is 5.96. The number of methoxy groups -OCH3 is 2. The standard InChI is InChI=1S/C27H38N2O4/c1-19-9-12-22(13-10-19)29-18-25(30)28(16-15-20-7-5-4-6-8-20)26(27(29)31)21-11-14-23(32-2)24(17-21)33-3/h7,11,14,17,19,22,26H,4-6,8-10,12-13,15-16,18H2,1-3H3/t19?,22?,26-/m0/s1. The Balaban J connectivity index is 1.62. The lowest BCUT2D eigenvalue weighted by atomic mass is 9.85. The maximum atomic E-state index is 13.9. The van der Waals surface area contributed by atoms with Crippen LogP contribution >= 0.6 is 0 Å². The highest BCUT2D eigenvalue weighted by Crippen LogP contribution is 2.37. The molecule has 6 nitrogen and oxygen atoms in total. The summed E-state index contributed by atoms with van der Waals surface area (Å²) in [5.41, 5.74) is 2.20. The first-order valence-electron chi connectivity index (χ1n) is 12.5. The molecule has 0 unspecified atom stereocenters. The molecule has 1 saturated carbocycles. The number of nitrogens with zero attached hydrogens (tertiary/aromatic N) is 2. The van der Waals surface area contributed by atoms with Crippen molar-refractivity contribution in [1.82, 2.24) is 9.80 Å². The Morgan fingerprint density at radius 3 is 2.42 bits per heavy atom. The Bertz CT molecular complexity index is 888. The highest BCUT2D eigenvalue weighted by Gasteiger charge is 2.43. The zero-order valence-corrected chi connectivity index (χ0v) is 20.3. The molecule has 0 radical (unpaired) electrons. The molecular weight excluding hydrogens is 416 g/mol. The van der Waals surface area contributed by atoms with Gasteiger partial charge in [-0.3, -0.25) is 9.59 Å². The number of amides is 2. The van der Waals surface area contributed by atoms with Gasteiger partial charge in [0.25, 0.3) is 5.91 Å². The molecule has 4 rings (SSSR count). The van der Waals surface area contributed by atoms with Crippen LogP contribution in [0.2, 0.25) is 0 Å². The van der Waals surface area contributed by atoms with Crippen LogP contribution in [0.25, 0.3) is 0 Å². The first kappa shape index (κ1) is 23.7. The average molecular weight is 455 g/mol. The number of ether oxygens (including phenoxy) is 2. The van der Waals surface area contributed by atoms with Crippen molar-refractivity contribution in [2.24, 2.45) is 5.92 Å². The Hall–Kier alpha value is -2.50. The van der Waals surface area contributed by atoms with Gasteiger partial charge in [-0.2, -0.15) is 0 Å². The highest BCUT2D eigenvalue weighted by atomic mass is 16.5. The lowest BCUT2D eigenvalue weighted by Gasteiger charge is -2.45. The van der Waals surface area contributed by atoms with E-state index in [-0.39, 0.29) is 24.4 Å². The summed E-state index contributed by atoms with van der Waals surface area (Å²) in [7, 11) is 3.20. The minimum atomic E-state index is -0.616. The third-order valence-corrected chi connectivity index (χ3v) is 7.66. The van der Waals surface area contributed by atoms with Gasteiger partial charge < -0.3 is 19.3 Å². The number of piperazine rings is 1. The van der Waals surface area contributed by atoms with Gasteiger partial charge in [0.1, 0.15) is 12.6 Å². The van der Waals surface area contributed by atoms with Crippen molar-refractivity contribution in [2.75, 3.05) is 27.3 Å². The molecule has 1 aliphatic heterocycles. The van der Waals surface area contributed by atoms with E-state index in [9.17, 15) is 9.59 Å². The molecule has 6 heteroatoms. The maximum absolute atomic E-state index is 13.9. The van der Waals surface area contributed by atoms with Gasteiger partial charge in [-0.25, -0.2) is 0 Å². The minimum absolute atomic E-state index is 0.0407. The number of benzene rings is 1. The maximum Gasteiger partial charge on any atom is 0.250 e. The Kier molecular flexibility index (Phi) is 7.61. The van der Waals surface area contributed by atoms with Crippen molar-refractivity contribution < 1.29 is 19.1 Å². The molecule has 1 aromatic rings. The SMILES string of the molecule is COc1ccc([C@H]2C(=O)N(C3CCC(C)CC3)CC(=O)N2CCC2=CCCCC2)cc1OC. The lowest BCUT2D eigenvalue weighted by Crippen LogP contribution is -2.58. The zero-order chi connectivity index (χ0) is 23.4. The van der Waals surface area contributed by atoms with Crippen LogP contribution < -0.4 is 9.47 Å². The summed E-state index contributed by atoms with van der Waals surface area (Å²) in [5.74, 6) is 1.98. The molecule has 2 aliphatic carbocycles. The zero-order valence-electron chi connectivity index (χ0n) is 20.3. The predicted molar refractivity (Wildman–Crippen MR) is 128 cm³/mol. The van der Waals surface area contributed by atoms with E-state index in [1.165, 1.54) is 18.4 Å². The average Bonchev–Trinajstić information content (AvgIpc) is 2.85. The van der Waals surface area contributed by atoms with Crippen LogP contribution in [0, 0.1) is 5.92 Å². The van der Waals surface area contributed by atoms with Gasteiger partial charge in [-0.15, -0.1) is 0 Å². The third kappa shape index (κ3) is 5.20. The molecule has 33 heavy (non-hydrogen) atoms. The van der Waals surface area contributed by atoms with Crippen LogP contribution in [-0.2, 0) is 9.59 Å². The summed E-state index contributed by atoms with van der Waals surface area (Å²) < 4.78 is 10.9. The molecule has 2 amide bonds. The number of allylic oxidation sites excluding steroid dienone is 1. The molecule has 0 aromatic heterocycles. The van der Waals surface area contributed by atoms with E-state index in [4.69, 9.17) is 9.47 Å². The predicted octanol–water partition coefficient (Wildman–Crippen LogP) is 4.88. The molecular formula is C27H38N2O4. The van der Waals surface area contributed by atoms with Crippen molar-refractivity contribution in [3.05, 3.63) is 35.4 Å². The summed E-state index contributed by atoms with van der Waals surface area (Å²) in [4.78, 5) is 31.0. The topological polar surface area (TPSA) is 59.1 Å². The van der Waals surface area contributed by atoms with E-state index < -0.39 is 6.04 Å². The van der Waals surface area contributed by atoms with Crippen molar-refractivity contribution in [3.63, 3.8) is 0 Å². The Morgan fingerprint density at radius 2 is 1.76 bits per heavy atom. The molecule has 2 fully saturated rings. The normalized spacial score (nSPS) is 26.3. The Labute approximate surface area is 197 Å². The summed E-state index contributed by atoms with van der Waals surface area (Å²) in [6.07, 6.45) is 12.0. The monoisotopic (exact) mass is 454 g/mol. The Morgan fingerprint density at radius 1 is 1.00 bits per heavy atom. The minimum Gasteiger partial charge on any atom is -0.493 e. The fraction of sp³-hybridized carbons (Fsp3) is 0.630. The van der Waals surface area contributed by atoms with Gasteiger partial charge in [-0.1, -0.05) is 24.6 Å².